The number of nitrogens with two attached hydrogens (primary N) is 1. The molecule has 0 amide bonds. The molecule has 0 bridgehead atoms. The van der Waals surface area contributed by atoms with Crippen LogP contribution in [0.3, 0.4) is 0 Å². The van der Waals surface area contributed by atoms with Crippen molar-refractivity contribution < 1.29 is 14.9 Å². The maximum atomic E-state index is 10.2. The summed E-state index contributed by atoms with van der Waals surface area (Å²) in [5.74, 6) is -0.161. The van der Waals surface area contributed by atoms with E-state index in [9.17, 15) is 14.9 Å². The van der Waals surface area contributed by atoms with Crippen molar-refractivity contribution in [3.8, 4) is 0 Å². The molecule has 1 aliphatic rings. The van der Waals surface area contributed by atoms with Crippen molar-refractivity contribution in [1.82, 2.24) is 0 Å². The molecule has 0 heterocycles. The van der Waals surface area contributed by atoms with Crippen molar-refractivity contribution in [2.75, 3.05) is 6.54 Å². The van der Waals surface area contributed by atoms with Crippen LogP contribution in [0.2, 0.25) is 0 Å². The zero-order chi connectivity index (χ0) is 11.5. The Morgan fingerprint density at radius 3 is 2.00 bits per heavy atom. The predicted octanol–water partition coefficient (Wildman–Crippen LogP) is 0.898. The second-order valence-electron chi connectivity index (χ2n) is 4.32. The fourth-order valence-corrected chi connectivity index (χ4v) is 3.91. The third-order valence-electron chi connectivity index (χ3n) is 3.31. The molecule has 90 valence electrons. The third-order valence-corrected chi connectivity index (χ3v) is 5.82. The highest BCUT2D eigenvalue weighted by Crippen LogP contribution is 2.55. The molecule has 4 nitrogen and oxygen atoms in total. The molecule has 1 rings (SSSR count). The number of hydrogen-bond acceptors (Lipinski definition) is 3. The first-order valence-electron chi connectivity index (χ1n) is 5.40. The number of rotatable bonds is 3. The molecule has 15 heavy (non-hydrogen) atoms. The maximum Gasteiger partial charge on any atom is 0.216 e. The molecular weight excluding hydrogens is 233 g/mol. The normalized spacial score (nSPS) is 24.5. The van der Waals surface area contributed by atoms with Gasteiger partial charge in [0.05, 0.1) is 0 Å². The lowest BCUT2D eigenvalue weighted by atomic mass is 9.93. The molecular formula is C9H20NO3PS. The largest absolute Gasteiger partial charge is 0.378 e. The Hall–Kier alpha value is 0.490. The lowest BCUT2D eigenvalue weighted by Gasteiger charge is -2.37. The standard InChI is InChI=1S/C9H20NO3PS/c10-7-9(11,14(12,13)15)8-5-3-1-2-4-6-8/h8,11H,1-7,10H2,(H2,12,13,15). The van der Waals surface area contributed by atoms with Crippen molar-refractivity contribution in [2.45, 2.75) is 43.9 Å². The fourth-order valence-electron chi connectivity index (χ4n) is 2.27. The molecule has 0 aromatic rings. The van der Waals surface area contributed by atoms with Crippen LogP contribution in [0, 0.1) is 5.92 Å². The molecule has 5 N–H and O–H groups in total. The van der Waals surface area contributed by atoms with Crippen molar-refractivity contribution in [1.29, 1.82) is 0 Å². The summed E-state index contributed by atoms with van der Waals surface area (Å²) in [6.07, 6.45) is 5.85. The Kier molecular flexibility index (Phi) is 4.71. The minimum atomic E-state index is -3.71. The molecule has 0 aromatic carbocycles. The number of hydrogen-bond donors (Lipinski definition) is 4. The van der Waals surface area contributed by atoms with E-state index in [1.165, 1.54) is 0 Å². The second-order valence-corrected chi connectivity index (χ2v) is 7.71. The molecule has 0 radical (unpaired) electrons. The van der Waals surface area contributed by atoms with Gasteiger partial charge in [0.15, 0.2) is 5.34 Å². The van der Waals surface area contributed by atoms with Crippen LogP contribution >= 0.6 is 6.49 Å². The zero-order valence-corrected chi connectivity index (χ0v) is 10.5. The van der Waals surface area contributed by atoms with E-state index in [1.54, 1.807) is 0 Å². The van der Waals surface area contributed by atoms with Gasteiger partial charge in [0, 0.05) is 6.54 Å². The summed E-state index contributed by atoms with van der Waals surface area (Å²) in [6, 6.07) is 0. The molecule has 6 heteroatoms. The van der Waals surface area contributed by atoms with Crippen LogP contribution in [-0.2, 0) is 11.8 Å². The van der Waals surface area contributed by atoms with E-state index in [1.807, 2.05) is 0 Å². The molecule has 0 aliphatic heterocycles. The van der Waals surface area contributed by atoms with Crippen molar-refractivity contribution in [2.24, 2.45) is 11.7 Å². The second kappa shape index (κ2) is 5.21. The van der Waals surface area contributed by atoms with Crippen LogP contribution in [0.5, 0.6) is 0 Å². The van der Waals surface area contributed by atoms with Crippen molar-refractivity contribution in [3.63, 3.8) is 0 Å². The first kappa shape index (κ1) is 13.6. The van der Waals surface area contributed by atoms with Gasteiger partial charge in [-0.2, -0.15) is 0 Å². The van der Waals surface area contributed by atoms with Crippen LogP contribution in [-0.4, -0.2) is 26.8 Å². The van der Waals surface area contributed by atoms with E-state index >= 15 is 0 Å². The smallest absolute Gasteiger partial charge is 0.216 e. The van der Waals surface area contributed by atoms with Crippen LogP contribution in [0.4, 0.5) is 0 Å². The van der Waals surface area contributed by atoms with E-state index < -0.39 is 11.8 Å². The summed E-state index contributed by atoms with van der Waals surface area (Å²) in [5, 5.41) is 8.58. The molecule has 0 spiro atoms. The highest BCUT2D eigenvalue weighted by Gasteiger charge is 2.46. The van der Waals surface area contributed by atoms with Gasteiger partial charge in [-0.1, -0.05) is 25.7 Å². The third kappa shape index (κ3) is 2.99. The number of aliphatic hydroxyl groups is 1. The Morgan fingerprint density at radius 2 is 1.67 bits per heavy atom. The van der Waals surface area contributed by atoms with Crippen LogP contribution in [0.15, 0.2) is 0 Å². The minimum absolute atomic E-state index is 0.161. The van der Waals surface area contributed by atoms with Gasteiger partial charge in [0.1, 0.15) is 0 Å². The van der Waals surface area contributed by atoms with Crippen LogP contribution in [0.25, 0.3) is 0 Å². The summed E-state index contributed by atoms with van der Waals surface area (Å²) in [5.41, 5.74) is 5.47. The summed E-state index contributed by atoms with van der Waals surface area (Å²) in [7, 11) is 0. The van der Waals surface area contributed by atoms with Gasteiger partial charge < -0.3 is 20.6 Å². The monoisotopic (exact) mass is 253 g/mol. The molecule has 0 aromatic heterocycles. The highest BCUT2D eigenvalue weighted by molar-refractivity contribution is 8.09. The molecule has 1 aliphatic carbocycles. The lowest BCUT2D eigenvalue weighted by molar-refractivity contribution is 0.0463. The zero-order valence-electron chi connectivity index (χ0n) is 8.80. The predicted molar refractivity (Wildman–Crippen MR) is 63.9 cm³/mol. The molecule has 1 unspecified atom stereocenters. The van der Waals surface area contributed by atoms with Gasteiger partial charge in [0.2, 0.25) is 6.49 Å². The highest BCUT2D eigenvalue weighted by atomic mass is 32.5. The van der Waals surface area contributed by atoms with Crippen LogP contribution in [0.1, 0.15) is 38.5 Å². The average Bonchev–Trinajstić information content (AvgIpc) is 2.43. The van der Waals surface area contributed by atoms with E-state index in [0.29, 0.717) is 0 Å². The summed E-state index contributed by atoms with van der Waals surface area (Å²) in [4.78, 5) is 19.1. The topological polar surface area (TPSA) is 86.7 Å². The van der Waals surface area contributed by atoms with Gasteiger partial charge >= 0.3 is 0 Å². The van der Waals surface area contributed by atoms with E-state index in [0.717, 1.165) is 38.5 Å². The van der Waals surface area contributed by atoms with Gasteiger partial charge in [-0.25, -0.2) is 0 Å². The lowest BCUT2D eigenvalue weighted by Crippen LogP contribution is -2.44. The van der Waals surface area contributed by atoms with E-state index in [4.69, 9.17) is 5.73 Å². The molecule has 0 saturated heterocycles. The van der Waals surface area contributed by atoms with Gasteiger partial charge in [-0.3, -0.25) is 0 Å². The van der Waals surface area contributed by atoms with Gasteiger partial charge in [0.25, 0.3) is 0 Å². The Morgan fingerprint density at radius 1 is 1.20 bits per heavy atom. The quantitative estimate of drug-likeness (QED) is 0.443. The minimum Gasteiger partial charge on any atom is -0.378 e. The Bertz CT molecular complexity index is 250. The SMILES string of the molecule is NCC(O)(C1CCCCCC1)P(O)(O)=S. The van der Waals surface area contributed by atoms with Crippen molar-refractivity contribution >= 4 is 18.3 Å². The van der Waals surface area contributed by atoms with Gasteiger partial charge in [-0.05, 0) is 30.6 Å². The van der Waals surface area contributed by atoms with E-state index in [-0.39, 0.29) is 12.5 Å². The van der Waals surface area contributed by atoms with Crippen LogP contribution < -0.4 is 5.73 Å². The molecule has 1 atom stereocenters. The average molecular weight is 253 g/mol. The Balaban J connectivity index is 2.84. The van der Waals surface area contributed by atoms with Crippen molar-refractivity contribution in [3.05, 3.63) is 0 Å². The summed E-state index contributed by atoms with van der Waals surface area (Å²) in [6.45, 7) is -3.88. The van der Waals surface area contributed by atoms with Gasteiger partial charge in [-0.15, -0.1) is 0 Å². The molecule has 1 fully saturated rings. The maximum absolute atomic E-state index is 10.2. The molecule has 1 saturated carbocycles. The Labute approximate surface area is 95.7 Å². The van der Waals surface area contributed by atoms with E-state index in [2.05, 4.69) is 11.8 Å². The fraction of sp³-hybridized carbons (Fsp3) is 1.00. The summed E-state index contributed by atoms with van der Waals surface area (Å²) < 4.78 is 0. The first-order chi connectivity index (χ1) is 6.92. The summed E-state index contributed by atoms with van der Waals surface area (Å²) >= 11 is 4.64. The first-order valence-corrected chi connectivity index (χ1v) is 8.10.